The summed E-state index contributed by atoms with van der Waals surface area (Å²) in [4.78, 5) is 22.0. The van der Waals surface area contributed by atoms with Gasteiger partial charge in [0, 0.05) is 13.0 Å². The summed E-state index contributed by atoms with van der Waals surface area (Å²) >= 11 is 0. The highest BCUT2D eigenvalue weighted by atomic mass is 19.4. The molecule has 0 amide bonds. The number of hydrogen-bond donors (Lipinski definition) is 0. The van der Waals surface area contributed by atoms with E-state index in [0.29, 0.717) is 0 Å². The molecule has 1 fully saturated rings. The highest BCUT2D eigenvalue weighted by Crippen LogP contribution is 2.26. The summed E-state index contributed by atoms with van der Waals surface area (Å²) in [5.41, 5.74) is 0. The first kappa shape index (κ1) is 13.8. The lowest BCUT2D eigenvalue weighted by atomic mass is 10.3. The lowest BCUT2D eigenvalue weighted by molar-refractivity contribution is -0.202. The van der Waals surface area contributed by atoms with Crippen LogP contribution >= 0.6 is 0 Å². The van der Waals surface area contributed by atoms with Crippen LogP contribution in [0, 0.1) is 0 Å². The van der Waals surface area contributed by atoms with Gasteiger partial charge in [-0.3, -0.25) is 9.69 Å². The number of carbonyl (C=O) groups excluding carboxylic acids is 2. The van der Waals surface area contributed by atoms with Gasteiger partial charge >= 0.3 is 18.1 Å². The van der Waals surface area contributed by atoms with E-state index in [1.54, 1.807) is 0 Å². The van der Waals surface area contributed by atoms with E-state index in [0.717, 1.165) is 4.90 Å². The minimum atomic E-state index is -5.27. The van der Waals surface area contributed by atoms with Crippen molar-refractivity contribution in [3.05, 3.63) is 0 Å². The number of esters is 2. The summed E-state index contributed by atoms with van der Waals surface area (Å²) in [6.45, 7) is -1.64. The van der Waals surface area contributed by atoms with Crippen molar-refractivity contribution in [2.45, 2.75) is 18.5 Å². The predicted octanol–water partition coefficient (Wildman–Crippen LogP) is 0.960. The van der Waals surface area contributed by atoms with Crippen molar-refractivity contribution < 1.29 is 36.3 Å². The summed E-state index contributed by atoms with van der Waals surface area (Å²) in [6.07, 6.45) is -5.75. The monoisotopic (exact) mass is 261 g/mol. The number of hydrogen-bond acceptors (Lipinski definition) is 4. The van der Waals surface area contributed by atoms with Gasteiger partial charge in [0.2, 0.25) is 0 Å². The summed E-state index contributed by atoms with van der Waals surface area (Å²) < 4.78 is 63.8. The molecule has 17 heavy (non-hydrogen) atoms. The van der Waals surface area contributed by atoms with E-state index in [1.165, 1.54) is 0 Å². The minimum absolute atomic E-state index is 0.137. The molecule has 1 rings (SSSR count). The molecule has 0 bridgehead atoms. The maximum Gasteiger partial charge on any atom is 0.491 e. The quantitative estimate of drug-likeness (QED) is 0.422. The third kappa shape index (κ3) is 4.25. The number of alkyl halides is 5. The highest BCUT2D eigenvalue weighted by molar-refractivity contribution is 5.89. The molecule has 0 atom stereocenters. The Bertz CT molecular complexity index is 328. The first-order valence-electron chi connectivity index (χ1n) is 4.52. The van der Waals surface area contributed by atoms with Crippen molar-refractivity contribution >= 4 is 11.9 Å². The van der Waals surface area contributed by atoms with Gasteiger partial charge in [-0.05, 0) is 0 Å². The Hall–Kier alpha value is -1.25. The second kappa shape index (κ2) is 4.55. The second-order valence-corrected chi connectivity index (χ2v) is 3.58. The normalized spacial score (nSPS) is 20.3. The molecule has 1 aliphatic heterocycles. The smallest absolute Gasteiger partial charge is 0.385 e. The Kier molecular flexibility index (Phi) is 3.70. The van der Waals surface area contributed by atoms with Gasteiger partial charge in [0.15, 0.2) is 0 Å². The number of rotatable bonds is 2. The van der Waals surface area contributed by atoms with Crippen LogP contribution in [0.15, 0.2) is 0 Å². The van der Waals surface area contributed by atoms with Crippen LogP contribution in [0.4, 0.5) is 22.0 Å². The number of likely N-dealkylation sites (tertiary alicyclic amines) is 1. The molecular formula is C8H8F5NO3. The van der Waals surface area contributed by atoms with E-state index >= 15 is 0 Å². The Morgan fingerprint density at radius 1 is 1.29 bits per heavy atom. The van der Waals surface area contributed by atoms with E-state index in [2.05, 4.69) is 4.74 Å². The molecule has 0 radical (unpaired) electrons. The Labute approximate surface area is 92.3 Å². The van der Waals surface area contributed by atoms with Gasteiger partial charge in [-0.25, -0.2) is 13.6 Å². The number of ether oxygens (including phenoxy) is 1. The fourth-order valence-corrected chi connectivity index (χ4v) is 1.32. The van der Waals surface area contributed by atoms with Crippen molar-refractivity contribution in [1.82, 2.24) is 4.90 Å². The topological polar surface area (TPSA) is 46.6 Å². The van der Waals surface area contributed by atoms with E-state index in [1.807, 2.05) is 0 Å². The lowest BCUT2D eigenvalue weighted by Crippen LogP contribution is -2.35. The van der Waals surface area contributed by atoms with Gasteiger partial charge in [-0.2, -0.15) is 13.2 Å². The standard InChI is InChI=1S/C8H8F5NO3/c9-7(10)1-2-14(4-7)3-5(15)17-6(16)8(11,12)13/h1-4H2. The molecule has 1 saturated heterocycles. The van der Waals surface area contributed by atoms with Crippen molar-refractivity contribution in [3.63, 3.8) is 0 Å². The first-order chi connectivity index (χ1) is 7.60. The molecule has 0 aliphatic carbocycles. The molecule has 0 unspecified atom stereocenters. The van der Waals surface area contributed by atoms with Gasteiger partial charge < -0.3 is 4.74 Å². The van der Waals surface area contributed by atoms with Crippen LogP contribution in [0.1, 0.15) is 6.42 Å². The van der Waals surface area contributed by atoms with Crippen molar-refractivity contribution in [3.8, 4) is 0 Å². The van der Waals surface area contributed by atoms with E-state index in [4.69, 9.17) is 0 Å². The largest absolute Gasteiger partial charge is 0.491 e. The van der Waals surface area contributed by atoms with Crippen LogP contribution in [0.2, 0.25) is 0 Å². The molecule has 9 heteroatoms. The van der Waals surface area contributed by atoms with E-state index < -0.39 is 43.5 Å². The maximum absolute atomic E-state index is 12.7. The first-order valence-corrected chi connectivity index (χ1v) is 4.52. The van der Waals surface area contributed by atoms with E-state index in [9.17, 15) is 31.5 Å². The molecule has 98 valence electrons. The summed E-state index contributed by atoms with van der Waals surface area (Å²) in [7, 11) is 0. The van der Waals surface area contributed by atoms with Gasteiger partial charge in [0.25, 0.3) is 5.92 Å². The fourth-order valence-electron chi connectivity index (χ4n) is 1.32. The average molecular weight is 261 g/mol. The number of halogens is 5. The number of carbonyl (C=O) groups is 2. The summed E-state index contributed by atoms with van der Waals surface area (Å²) in [5, 5.41) is 0. The molecule has 0 aromatic rings. The maximum atomic E-state index is 12.7. The second-order valence-electron chi connectivity index (χ2n) is 3.58. The van der Waals surface area contributed by atoms with Crippen LogP contribution in [-0.4, -0.2) is 48.6 Å². The van der Waals surface area contributed by atoms with Gasteiger partial charge in [0.1, 0.15) is 0 Å². The predicted molar refractivity (Wildman–Crippen MR) is 43.2 cm³/mol. The fraction of sp³-hybridized carbons (Fsp3) is 0.750. The highest BCUT2D eigenvalue weighted by Gasteiger charge is 2.43. The molecule has 1 aliphatic rings. The zero-order chi connectivity index (χ0) is 13.3. The zero-order valence-electron chi connectivity index (χ0n) is 8.39. The SMILES string of the molecule is O=C(CN1CCC(F)(F)C1)OC(=O)C(F)(F)F. The van der Waals surface area contributed by atoms with Crippen molar-refractivity contribution in [2.24, 2.45) is 0 Å². The Morgan fingerprint density at radius 3 is 2.29 bits per heavy atom. The zero-order valence-corrected chi connectivity index (χ0v) is 8.39. The summed E-state index contributed by atoms with van der Waals surface area (Å²) in [6, 6.07) is 0. The van der Waals surface area contributed by atoms with Crippen LogP contribution in [0.3, 0.4) is 0 Å². The van der Waals surface area contributed by atoms with Crippen LogP contribution in [-0.2, 0) is 14.3 Å². The molecule has 0 aromatic heterocycles. The Balaban J connectivity index is 2.39. The molecule has 0 aromatic carbocycles. The molecule has 0 spiro atoms. The molecular weight excluding hydrogens is 253 g/mol. The van der Waals surface area contributed by atoms with Gasteiger partial charge in [0.05, 0.1) is 13.1 Å². The average Bonchev–Trinajstić information content (AvgIpc) is 2.43. The lowest BCUT2D eigenvalue weighted by Gasteiger charge is -2.14. The summed E-state index contributed by atoms with van der Waals surface area (Å²) in [5.74, 6) is -7.10. The van der Waals surface area contributed by atoms with Crippen LogP contribution < -0.4 is 0 Å². The molecule has 4 nitrogen and oxygen atoms in total. The van der Waals surface area contributed by atoms with E-state index in [-0.39, 0.29) is 6.54 Å². The number of nitrogens with zero attached hydrogens (tertiary/aromatic N) is 1. The Morgan fingerprint density at radius 2 is 1.88 bits per heavy atom. The third-order valence-electron chi connectivity index (χ3n) is 2.04. The van der Waals surface area contributed by atoms with Crippen molar-refractivity contribution in [2.75, 3.05) is 19.6 Å². The molecule has 0 saturated carbocycles. The third-order valence-corrected chi connectivity index (χ3v) is 2.04. The van der Waals surface area contributed by atoms with Crippen LogP contribution in [0.5, 0.6) is 0 Å². The molecule has 0 N–H and O–H groups in total. The molecule has 1 heterocycles. The van der Waals surface area contributed by atoms with Gasteiger partial charge in [-0.15, -0.1) is 0 Å². The van der Waals surface area contributed by atoms with Gasteiger partial charge in [-0.1, -0.05) is 0 Å². The van der Waals surface area contributed by atoms with Crippen molar-refractivity contribution in [1.29, 1.82) is 0 Å². The minimum Gasteiger partial charge on any atom is -0.385 e. The van der Waals surface area contributed by atoms with Crippen LogP contribution in [0.25, 0.3) is 0 Å².